The minimum atomic E-state index is -0.817. The summed E-state index contributed by atoms with van der Waals surface area (Å²) in [6.45, 7) is 8.31. The van der Waals surface area contributed by atoms with E-state index in [1.54, 1.807) is 0 Å². The van der Waals surface area contributed by atoms with Crippen LogP contribution < -0.4 is 0 Å². The van der Waals surface area contributed by atoms with Crippen LogP contribution in [-0.2, 0) is 16.6 Å². The van der Waals surface area contributed by atoms with Crippen molar-refractivity contribution < 1.29 is 9.90 Å². The molecule has 20 heavy (non-hydrogen) atoms. The highest BCUT2D eigenvalue weighted by molar-refractivity contribution is 7.12. The molecule has 0 atom stereocenters. The number of aryl methyl sites for hydroxylation is 1. The number of carboxylic acid groups (broad SMARTS) is 1. The molecule has 2 aromatic rings. The van der Waals surface area contributed by atoms with Crippen molar-refractivity contribution in [2.75, 3.05) is 0 Å². The van der Waals surface area contributed by atoms with E-state index in [9.17, 15) is 4.79 Å². The van der Waals surface area contributed by atoms with Gasteiger partial charge in [0.2, 0.25) is 0 Å². The van der Waals surface area contributed by atoms with Gasteiger partial charge in [0.15, 0.2) is 0 Å². The Balaban J connectivity index is 2.52. The molecule has 0 aliphatic heterocycles. The van der Waals surface area contributed by atoms with E-state index in [4.69, 9.17) is 5.11 Å². The average Bonchev–Trinajstić information content (AvgIpc) is 2.73. The molecule has 0 spiro atoms. The Kier molecular flexibility index (Phi) is 3.95. The lowest BCUT2D eigenvalue weighted by molar-refractivity contribution is -0.136. The van der Waals surface area contributed by atoms with Crippen molar-refractivity contribution in [2.24, 2.45) is 0 Å². The van der Waals surface area contributed by atoms with Crippen LogP contribution in [-0.4, -0.2) is 16.1 Å². The molecule has 2 rings (SSSR count). The molecule has 1 aromatic carbocycles. The summed E-state index contributed by atoms with van der Waals surface area (Å²) in [4.78, 5) is 16.6. The van der Waals surface area contributed by atoms with Gasteiger partial charge in [0.25, 0.3) is 0 Å². The van der Waals surface area contributed by atoms with Gasteiger partial charge in [-0.15, -0.1) is 11.3 Å². The summed E-state index contributed by atoms with van der Waals surface area (Å²) in [5.74, 6) is -0.817. The molecule has 106 valence electrons. The van der Waals surface area contributed by atoms with Crippen LogP contribution in [0.4, 0.5) is 0 Å². The zero-order valence-corrected chi connectivity index (χ0v) is 13.0. The number of aromatic nitrogens is 1. The van der Waals surface area contributed by atoms with Gasteiger partial charge in [0.05, 0.1) is 17.1 Å². The zero-order valence-electron chi connectivity index (χ0n) is 12.2. The first-order chi connectivity index (χ1) is 9.27. The number of hydrogen-bond acceptors (Lipinski definition) is 3. The summed E-state index contributed by atoms with van der Waals surface area (Å²) in [5.41, 5.74) is 2.90. The molecule has 3 nitrogen and oxygen atoms in total. The molecule has 0 saturated carbocycles. The number of hydrogen-bond donors (Lipinski definition) is 1. The van der Waals surface area contributed by atoms with E-state index in [-0.39, 0.29) is 11.8 Å². The molecule has 1 heterocycles. The Bertz CT molecular complexity index is 621. The highest BCUT2D eigenvalue weighted by Gasteiger charge is 2.23. The van der Waals surface area contributed by atoms with Crippen LogP contribution in [0.2, 0.25) is 0 Å². The Morgan fingerprint density at radius 1 is 1.25 bits per heavy atom. The van der Waals surface area contributed by atoms with Gasteiger partial charge in [-0.25, -0.2) is 4.98 Å². The number of carboxylic acids is 1. The van der Waals surface area contributed by atoms with Crippen LogP contribution >= 0.6 is 11.3 Å². The van der Waals surface area contributed by atoms with Gasteiger partial charge >= 0.3 is 5.97 Å². The fourth-order valence-electron chi connectivity index (χ4n) is 1.87. The first-order valence-corrected chi connectivity index (χ1v) is 7.38. The van der Waals surface area contributed by atoms with E-state index in [0.717, 1.165) is 21.1 Å². The number of carbonyl (C=O) groups is 1. The fraction of sp³-hybridized carbons (Fsp3) is 0.375. The van der Waals surface area contributed by atoms with Gasteiger partial charge < -0.3 is 5.11 Å². The summed E-state index contributed by atoms with van der Waals surface area (Å²) in [5, 5.41) is 10.0. The number of rotatable bonds is 3. The third-order valence-electron chi connectivity index (χ3n) is 2.98. The van der Waals surface area contributed by atoms with E-state index in [1.165, 1.54) is 16.9 Å². The van der Waals surface area contributed by atoms with Crippen LogP contribution in [0.1, 0.15) is 36.2 Å². The molecule has 0 aliphatic rings. The van der Waals surface area contributed by atoms with Gasteiger partial charge in [-0.05, 0) is 6.92 Å². The normalized spacial score (nSPS) is 11.6. The van der Waals surface area contributed by atoms with Gasteiger partial charge in [0.1, 0.15) is 0 Å². The molecular weight excluding hydrogens is 270 g/mol. The molecule has 4 heteroatoms. The lowest BCUT2D eigenvalue weighted by Gasteiger charge is -2.13. The van der Waals surface area contributed by atoms with Crippen molar-refractivity contribution in [3.05, 3.63) is 39.7 Å². The first-order valence-electron chi connectivity index (χ1n) is 6.56. The minimum absolute atomic E-state index is 0.0248. The number of benzene rings is 1. The van der Waals surface area contributed by atoms with E-state index in [2.05, 4.69) is 25.8 Å². The summed E-state index contributed by atoms with van der Waals surface area (Å²) in [6, 6.07) is 8.05. The fourth-order valence-corrected chi connectivity index (χ4v) is 3.00. The highest BCUT2D eigenvalue weighted by atomic mass is 32.1. The average molecular weight is 289 g/mol. The quantitative estimate of drug-likeness (QED) is 0.927. The van der Waals surface area contributed by atoms with E-state index >= 15 is 0 Å². The second-order valence-corrected chi connectivity index (χ2v) is 7.06. The molecular formula is C16H19NO2S. The van der Waals surface area contributed by atoms with Crippen LogP contribution in [0.5, 0.6) is 0 Å². The van der Waals surface area contributed by atoms with Gasteiger partial charge in [-0.3, -0.25) is 4.79 Å². The molecule has 0 radical (unpaired) electrons. The van der Waals surface area contributed by atoms with Crippen LogP contribution in [0.3, 0.4) is 0 Å². The Labute approximate surface area is 123 Å². The second-order valence-electron chi connectivity index (χ2n) is 5.98. The molecule has 0 saturated heterocycles. The summed E-state index contributed by atoms with van der Waals surface area (Å²) in [7, 11) is 0. The maximum Gasteiger partial charge on any atom is 0.308 e. The summed E-state index contributed by atoms with van der Waals surface area (Å²) in [6.07, 6.45) is 0.0248. The second kappa shape index (κ2) is 5.37. The molecule has 0 unspecified atom stereocenters. The largest absolute Gasteiger partial charge is 0.481 e. The predicted molar refractivity (Wildman–Crippen MR) is 82.3 cm³/mol. The van der Waals surface area contributed by atoms with Crippen molar-refractivity contribution in [1.29, 1.82) is 0 Å². The SMILES string of the molecule is Cc1ccc(-c2nc(C(C)(C)C)sc2CC(=O)O)cc1. The minimum Gasteiger partial charge on any atom is -0.481 e. The number of aliphatic carboxylic acids is 1. The van der Waals surface area contributed by atoms with Crippen molar-refractivity contribution in [1.82, 2.24) is 4.98 Å². The zero-order chi connectivity index (χ0) is 14.9. The molecule has 0 bridgehead atoms. The molecule has 1 N–H and O–H groups in total. The summed E-state index contributed by atoms with van der Waals surface area (Å²) >= 11 is 1.50. The van der Waals surface area contributed by atoms with Crippen LogP contribution in [0.15, 0.2) is 24.3 Å². The molecule has 0 aliphatic carbocycles. The van der Waals surface area contributed by atoms with Crippen molar-refractivity contribution >= 4 is 17.3 Å². The Morgan fingerprint density at radius 3 is 2.35 bits per heavy atom. The Morgan fingerprint density at radius 2 is 1.85 bits per heavy atom. The first kappa shape index (κ1) is 14.7. The van der Waals surface area contributed by atoms with Crippen molar-refractivity contribution in [3.8, 4) is 11.3 Å². The molecule has 0 fully saturated rings. The van der Waals surface area contributed by atoms with Crippen molar-refractivity contribution in [2.45, 2.75) is 39.5 Å². The maximum absolute atomic E-state index is 11.0. The molecule has 0 amide bonds. The van der Waals surface area contributed by atoms with Gasteiger partial charge in [0, 0.05) is 15.9 Å². The van der Waals surface area contributed by atoms with Crippen LogP contribution in [0, 0.1) is 6.92 Å². The smallest absolute Gasteiger partial charge is 0.308 e. The monoisotopic (exact) mass is 289 g/mol. The van der Waals surface area contributed by atoms with Gasteiger partial charge in [-0.2, -0.15) is 0 Å². The third kappa shape index (κ3) is 3.25. The predicted octanol–water partition coefficient (Wildman–Crippen LogP) is 4.04. The lowest BCUT2D eigenvalue weighted by Crippen LogP contribution is -2.10. The van der Waals surface area contributed by atoms with E-state index in [1.807, 2.05) is 31.2 Å². The van der Waals surface area contributed by atoms with Crippen LogP contribution in [0.25, 0.3) is 11.3 Å². The summed E-state index contributed by atoms with van der Waals surface area (Å²) < 4.78 is 0. The topological polar surface area (TPSA) is 50.2 Å². The van der Waals surface area contributed by atoms with E-state index < -0.39 is 5.97 Å². The van der Waals surface area contributed by atoms with Crippen molar-refractivity contribution in [3.63, 3.8) is 0 Å². The lowest BCUT2D eigenvalue weighted by atomic mass is 9.98. The van der Waals surface area contributed by atoms with Gasteiger partial charge in [-0.1, -0.05) is 50.6 Å². The highest BCUT2D eigenvalue weighted by Crippen LogP contribution is 2.34. The number of thiazole rings is 1. The Hall–Kier alpha value is -1.68. The molecule has 1 aromatic heterocycles. The maximum atomic E-state index is 11.0. The number of nitrogens with zero attached hydrogens (tertiary/aromatic N) is 1. The standard InChI is InChI=1S/C16H19NO2S/c1-10-5-7-11(8-6-10)14-12(9-13(18)19)20-15(17-14)16(2,3)4/h5-8H,9H2,1-4H3,(H,18,19). The van der Waals surface area contributed by atoms with E-state index in [0.29, 0.717) is 0 Å². The third-order valence-corrected chi connectivity index (χ3v) is 4.46.